The monoisotopic (exact) mass is 230 g/mol. The summed E-state index contributed by atoms with van der Waals surface area (Å²) in [6.07, 6.45) is 0. The van der Waals surface area contributed by atoms with Crippen LogP contribution in [0.3, 0.4) is 0 Å². The van der Waals surface area contributed by atoms with E-state index in [4.69, 9.17) is 10.2 Å². The summed E-state index contributed by atoms with van der Waals surface area (Å²) >= 11 is 0. The number of carboxylic acid groups (broad SMARTS) is 2. The highest BCUT2D eigenvalue weighted by atomic mass is 16.4. The second kappa shape index (κ2) is 4.25. The number of benzene rings is 2. The zero-order valence-electron chi connectivity index (χ0n) is 8.83. The Kier molecular flexibility index (Phi) is 2.78. The number of carbonyl (C=O) groups is 2. The molecule has 2 aromatic rings. The van der Waals surface area contributed by atoms with Crippen LogP contribution in [0.4, 0.5) is 0 Å². The van der Waals surface area contributed by atoms with Gasteiger partial charge in [-0.15, -0.1) is 0 Å². The van der Waals surface area contributed by atoms with Crippen LogP contribution in [0.1, 0.15) is 11.5 Å². The van der Waals surface area contributed by atoms with E-state index in [0.29, 0.717) is 0 Å². The topological polar surface area (TPSA) is 74.6 Å². The lowest BCUT2D eigenvalue weighted by Crippen LogP contribution is -2.20. The molecule has 0 fully saturated rings. The summed E-state index contributed by atoms with van der Waals surface area (Å²) in [7, 11) is 0. The molecule has 0 unspecified atom stereocenters. The Labute approximate surface area is 97.1 Å². The Morgan fingerprint density at radius 3 is 2.06 bits per heavy atom. The normalized spacial score (nSPS) is 10.6. The molecule has 0 aliphatic heterocycles. The largest absolute Gasteiger partial charge is 0.480 e. The summed E-state index contributed by atoms with van der Waals surface area (Å²) in [6, 6.07) is 12.3. The number of aliphatic carboxylic acids is 2. The predicted molar refractivity (Wildman–Crippen MR) is 62.0 cm³/mol. The van der Waals surface area contributed by atoms with Crippen LogP contribution in [0.5, 0.6) is 0 Å². The Morgan fingerprint density at radius 1 is 0.882 bits per heavy atom. The van der Waals surface area contributed by atoms with Gasteiger partial charge in [0, 0.05) is 0 Å². The summed E-state index contributed by atoms with van der Waals surface area (Å²) in [6.45, 7) is 0. The highest BCUT2D eigenvalue weighted by Crippen LogP contribution is 2.22. The standard InChI is InChI=1S/C13H10O4/c14-12(15)11(13(16)17)10-6-5-8-3-1-2-4-9(8)7-10/h1-7,11H,(H,14,15)(H,16,17). The molecule has 17 heavy (non-hydrogen) atoms. The first-order valence-corrected chi connectivity index (χ1v) is 5.04. The van der Waals surface area contributed by atoms with Gasteiger partial charge in [0.15, 0.2) is 5.92 Å². The predicted octanol–water partition coefficient (Wildman–Crippen LogP) is 2.09. The number of hydrogen-bond donors (Lipinski definition) is 2. The van der Waals surface area contributed by atoms with Gasteiger partial charge in [-0.25, -0.2) is 0 Å². The number of fused-ring (bicyclic) bond motifs is 1. The molecule has 0 aliphatic rings. The molecule has 0 bridgehead atoms. The van der Waals surface area contributed by atoms with Crippen LogP contribution in [0.25, 0.3) is 10.8 Å². The quantitative estimate of drug-likeness (QED) is 0.792. The first-order chi connectivity index (χ1) is 8.09. The summed E-state index contributed by atoms with van der Waals surface area (Å²) in [4.78, 5) is 21.8. The fourth-order valence-electron chi connectivity index (χ4n) is 1.78. The molecular formula is C13H10O4. The lowest BCUT2D eigenvalue weighted by atomic mass is 9.96. The summed E-state index contributed by atoms with van der Waals surface area (Å²) < 4.78 is 0. The molecule has 0 aliphatic carbocycles. The van der Waals surface area contributed by atoms with Crippen molar-refractivity contribution in [3.63, 3.8) is 0 Å². The lowest BCUT2D eigenvalue weighted by molar-refractivity contribution is -0.150. The molecule has 2 rings (SSSR count). The van der Waals surface area contributed by atoms with Gasteiger partial charge in [0.25, 0.3) is 0 Å². The van der Waals surface area contributed by atoms with Crippen molar-refractivity contribution in [1.82, 2.24) is 0 Å². The van der Waals surface area contributed by atoms with Crippen LogP contribution in [-0.2, 0) is 9.59 Å². The molecule has 0 atom stereocenters. The Hall–Kier alpha value is -2.36. The van der Waals surface area contributed by atoms with E-state index in [0.717, 1.165) is 10.8 Å². The van der Waals surface area contributed by atoms with E-state index >= 15 is 0 Å². The van der Waals surface area contributed by atoms with E-state index in [9.17, 15) is 9.59 Å². The third kappa shape index (κ3) is 2.10. The van der Waals surface area contributed by atoms with Crippen molar-refractivity contribution < 1.29 is 19.8 Å². The van der Waals surface area contributed by atoms with Crippen LogP contribution >= 0.6 is 0 Å². The molecular weight excluding hydrogens is 220 g/mol. The second-order valence-corrected chi connectivity index (χ2v) is 3.72. The lowest BCUT2D eigenvalue weighted by Gasteiger charge is -2.08. The van der Waals surface area contributed by atoms with Gasteiger partial charge in [0.05, 0.1) is 0 Å². The minimum atomic E-state index is -1.51. The number of hydrogen-bond acceptors (Lipinski definition) is 2. The summed E-state index contributed by atoms with van der Waals surface area (Å²) in [5.74, 6) is -4.22. The minimum absolute atomic E-state index is 0.281. The molecule has 0 radical (unpaired) electrons. The van der Waals surface area contributed by atoms with Crippen molar-refractivity contribution in [2.75, 3.05) is 0 Å². The molecule has 0 saturated carbocycles. The average molecular weight is 230 g/mol. The Bertz CT molecular complexity index is 575. The van der Waals surface area contributed by atoms with Crippen molar-refractivity contribution in [3.8, 4) is 0 Å². The molecule has 0 amide bonds. The van der Waals surface area contributed by atoms with Gasteiger partial charge in [-0.05, 0) is 22.4 Å². The maximum absolute atomic E-state index is 10.9. The Morgan fingerprint density at radius 2 is 1.47 bits per heavy atom. The van der Waals surface area contributed by atoms with Crippen LogP contribution in [-0.4, -0.2) is 22.2 Å². The molecule has 2 aromatic carbocycles. The molecule has 86 valence electrons. The van der Waals surface area contributed by atoms with Gasteiger partial charge < -0.3 is 10.2 Å². The van der Waals surface area contributed by atoms with Crippen LogP contribution < -0.4 is 0 Å². The number of rotatable bonds is 3. The summed E-state index contributed by atoms with van der Waals surface area (Å²) in [5, 5.41) is 19.6. The zero-order valence-corrected chi connectivity index (χ0v) is 8.83. The number of carboxylic acids is 2. The van der Waals surface area contributed by atoms with Crippen LogP contribution in [0.15, 0.2) is 42.5 Å². The average Bonchev–Trinajstić information content (AvgIpc) is 2.28. The third-order valence-electron chi connectivity index (χ3n) is 2.60. The molecule has 4 heteroatoms. The van der Waals surface area contributed by atoms with Crippen LogP contribution in [0, 0.1) is 0 Å². The highest BCUT2D eigenvalue weighted by molar-refractivity contribution is 6.00. The van der Waals surface area contributed by atoms with E-state index in [1.165, 1.54) is 6.07 Å². The van der Waals surface area contributed by atoms with E-state index in [1.54, 1.807) is 12.1 Å². The second-order valence-electron chi connectivity index (χ2n) is 3.72. The van der Waals surface area contributed by atoms with Crippen molar-refractivity contribution in [1.29, 1.82) is 0 Å². The molecule has 4 nitrogen and oxygen atoms in total. The van der Waals surface area contributed by atoms with Crippen molar-refractivity contribution >= 4 is 22.7 Å². The minimum Gasteiger partial charge on any atom is -0.480 e. The fraction of sp³-hybridized carbons (Fsp3) is 0.0769. The van der Waals surface area contributed by atoms with Gasteiger partial charge in [-0.3, -0.25) is 9.59 Å². The zero-order chi connectivity index (χ0) is 12.4. The SMILES string of the molecule is O=C(O)C(C(=O)O)c1ccc2ccccc2c1. The van der Waals surface area contributed by atoms with E-state index in [2.05, 4.69) is 0 Å². The molecule has 0 spiro atoms. The van der Waals surface area contributed by atoms with Crippen molar-refractivity contribution in [2.45, 2.75) is 5.92 Å². The van der Waals surface area contributed by atoms with Crippen molar-refractivity contribution in [3.05, 3.63) is 48.0 Å². The smallest absolute Gasteiger partial charge is 0.322 e. The molecule has 0 aromatic heterocycles. The Balaban J connectivity index is 2.55. The van der Waals surface area contributed by atoms with Gasteiger partial charge in [-0.1, -0.05) is 36.4 Å². The van der Waals surface area contributed by atoms with Gasteiger partial charge in [-0.2, -0.15) is 0 Å². The van der Waals surface area contributed by atoms with Crippen molar-refractivity contribution in [2.24, 2.45) is 0 Å². The first kappa shape index (κ1) is 11.1. The van der Waals surface area contributed by atoms with E-state index < -0.39 is 17.9 Å². The maximum atomic E-state index is 10.9. The molecule has 0 saturated heterocycles. The molecule has 0 heterocycles. The third-order valence-corrected chi connectivity index (χ3v) is 2.60. The van der Waals surface area contributed by atoms with Gasteiger partial charge >= 0.3 is 11.9 Å². The first-order valence-electron chi connectivity index (χ1n) is 5.04. The van der Waals surface area contributed by atoms with E-state index in [1.807, 2.05) is 24.3 Å². The van der Waals surface area contributed by atoms with E-state index in [-0.39, 0.29) is 5.56 Å². The summed E-state index contributed by atoms with van der Waals surface area (Å²) in [5.41, 5.74) is 0.281. The van der Waals surface area contributed by atoms with Gasteiger partial charge in [0.1, 0.15) is 0 Å². The van der Waals surface area contributed by atoms with Gasteiger partial charge in [0.2, 0.25) is 0 Å². The highest BCUT2D eigenvalue weighted by Gasteiger charge is 2.27. The fourth-order valence-corrected chi connectivity index (χ4v) is 1.78. The maximum Gasteiger partial charge on any atom is 0.322 e. The van der Waals surface area contributed by atoms with Crippen LogP contribution in [0.2, 0.25) is 0 Å². The molecule has 2 N–H and O–H groups in total.